The fourth-order valence-electron chi connectivity index (χ4n) is 2.78. The number of hydrogen-bond donors (Lipinski definition) is 1. The molecule has 1 rings (SSSR count). The molecule has 1 aliphatic heterocycles. The maximum atomic E-state index is 11.4. The Hall–Kier alpha value is -0.130. The van der Waals surface area contributed by atoms with Crippen molar-refractivity contribution in [3.8, 4) is 0 Å². The molecule has 0 radical (unpaired) electrons. The van der Waals surface area contributed by atoms with Crippen molar-refractivity contribution in [3.05, 3.63) is 0 Å². The van der Waals surface area contributed by atoms with E-state index in [9.17, 15) is 8.42 Å². The molecule has 1 N–H and O–H groups in total. The molecule has 120 valence electrons. The number of nitrogens with zero attached hydrogens (tertiary/aromatic N) is 1. The fourth-order valence-corrected chi connectivity index (χ4v) is 3.65. The molecule has 1 aliphatic rings. The predicted octanol–water partition coefficient (Wildman–Crippen LogP) is 2.75. The van der Waals surface area contributed by atoms with Crippen molar-refractivity contribution in [2.75, 3.05) is 25.9 Å². The second-order valence-electron chi connectivity index (χ2n) is 6.01. The van der Waals surface area contributed by atoms with Gasteiger partial charge in [0.2, 0.25) is 10.0 Å². The highest BCUT2D eigenvalue weighted by Gasteiger charge is 2.24. The van der Waals surface area contributed by atoms with Crippen molar-refractivity contribution in [3.63, 3.8) is 0 Å². The zero-order valence-corrected chi connectivity index (χ0v) is 14.1. The standard InChI is InChI=1S/C15H32N2O2S/c1-3-4-5-6-7-8-9-12-16-15-10-13-17(14-11-15)20(2,18)19/h15-16H,3-14H2,1-2H3. The monoisotopic (exact) mass is 304 g/mol. The molecule has 0 amide bonds. The first-order valence-corrected chi connectivity index (χ1v) is 10.1. The molecule has 5 heteroatoms. The lowest BCUT2D eigenvalue weighted by molar-refractivity contribution is 0.290. The van der Waals surface area contributed by atoms with Gasteiger partial charge in [-0.15, -0.1) is 0 Å². The van der Waals surface area contributed by atoms with Gasteiger partial charge in [-0.25, -0.2) is 12.7 Å². The number of piperidine rings is 1. The van der Waals surface area contributed by atoms with E-state index in [0.29, 0.717) is 19.1 Å². The van der Waals surface area contributed by atoms with Gasteiger partial charge in [0.15, 0.2) is 0 Å². The fraction of sp³-hybridized carbons (Fsp3) is 1.00. The molecule has 0 aromatic rings. The van der Waals surface area contributed by atoms with Crippen LogP contribution in [-0.2, 0) is 10.0 Å². The summed E-state index contributed by atoms with van der Waals surface area (Å²) in [5, 5.41) is 3.57. The molecule has 0 spiro atoms. The van der Waals surface area contributed by atoms with Crippen LogP contribution in [0.1, 0.15) is 64.7 Å². The molecular weight excluding hydrogens is 272 g/mol. The van der Waals surface area contributed by atoms with E-state index in [1.54, 1.807) is 4.31 Å². The van der Waals surface area contributed by atoms with Gasteiger partial charge in [-0.05, 0) is 25.8 Å². The Morgan fingerprint density at radius 2 is 1.55 bits per heavy atom. The van der Waals surface area contributed by atoms with Gasteiger partial charge in [-0.2, -0.15) is 0 Å². The number of sulfonamides is 1. The number of rotatable bonds is 10. The van der Waals surface area contributed by atoms with Gasteiger partial charge >= 0.3 is 0 Å². The third-order valence-corrected chi connectivity index (χ3v) is 5.44. The summed E-state index contributed by atoms with van der Waals surface area (Å²) in [5.41, 5.74) is 0. The van der Waals surface area contributed by atoms with E-state index in [4.69, 9.17) is 0 Å². The van der Waals surface area contributed by atoms with Crippen LogP contribution in [0.5, 0.6) is 0 Å². The lowest BCUT2D eigenvalue weighted by Crippen LogP contribution is -2.44. The van der Waals surface area contributed by atoms with Crippen LogP contribution in [0.15, 0.2) is 0 Å². The average Bonchev–Trinajstić information content (AvgIpc) is 2.41. The van der Waals surface area contributed by atoms with Crippen molar-refractivity contribution in [2.45, 2.75) is 70.8 Å². The highest BCUT2D eigenvalue weighted by Crippen LogP contribution is 2.13. The van der Waals surface area contributed by atoms with Crippen LogP contribution in [0.3, 0.4) is 0 Å². The number of hydrogen-bond acceptors (Lipinski definition) is 3. The van der Waals surface area contributed by atoms with E-state index in [1.165, 1.54) is 51.2 Å². The summed E-state index contributed by atoms with van der Waals surface area (Å²) >= 11 is 0. The van der Waals surface area contributed by atoms with Crippen molar-refractivity contribution in [2.24, 2.45) is 0 Å². The van der Waals surface area contributed by atoms with Crippen LogP contribution in [0.2, 0.25) is 0 Å². The van der Waals surface area contributed by atoms with Crippen LogP contribution in [0, 0.1) is 0 Å². The van der Waals surface area contributed by atoms with Gasteiger partial charge in [0, 0.05) is 19.1 Å². The van der Waals surface area contributed by atoms with Gasteiger partial charge in [0.1, 0.15) is 0 Å². The molecule has 0 aromatic heterocycles. The quantitative estimate of drug-likeness (QED) is 0.631. The van der Waals surface area contributed by atoms with Gasteiger partial charge in [0.05, 0.1) is 6.26 Å². The summed E-state index contributed by atoms with van der Waals surface area (Å²) in [6.07, 6.45) is 12.6. The molecule has 0 aliphatic carbocycles. The van der Waals surface area contributed by atoms with Gasteiger partial charge < -0.3 is 5.32 Å². The SMILES string of the molecule is CCCCCCCCCNC1CCN(S(C)(=O)=O)CC1. The third kappa shape index (κ3) is 7.60. The Morgan fingerprint density at radius 1 is 1.00 bits per heavy atom. The highest BCUT2D eigenvalue weighted by atomic mass is 32.2. The lowest BCUT2D eigenvalue weighted by Gasteiger charge is -2.30. The first-order valence-electron chi connectivity index (χ1n) is 8.22. The summed E-state index contributed by atoms with van der Waals surface area (Å²) in [6.45, 7) is 4.68. The molecule has 20 heavy (non-hydrogen) atoms. The van der Waals surface area contributed by atoms with E-state index in [2.05, 4.69) is 12.2 Å². The van der Waals surface area contributed by atoms with Gasteiger partial charge in [-0.3, -0.25) is 0 Å². The zero-order valence-electron chi connectivity index (χ0n) is 13.2. The van der Waals surface area contributed by atoms with Crippen molar-refractivity contribution >= 4 is 10.0 Å². The summed E-state index contributed by atoms with van der Waals surface area (Å²) < 4.78 is 24.4. The topological polar surface area (TPSA) is 49.4 Å². The molecule has 0 atom stereocenters. The maximum Gasteiger partial charge on any atom is 0.211 e. The minimum Gasteiger partial charge on any atom is -0.314 e. The maximum absolute atomic E-state index is 11.4. The molecule has 1 heterocycles. The Balaban J connectivity index is 1.97. The second-order valence-corrected chi connectivity index (χ2v) is 7.99. The lowest BCUT2D eigenvalue weighted by atomic mass is 10.1. The first-order chi connectivity index (χ1) is 9.54. The molecule has 0 bridgehead atoms. The molecule has 0 saturated carbocycles. The second kappa shape index (κ2) is 9.74. The van der Waals surface area contributed by atoms with Crippen LogP contribution < -0.4 is 5.32 Å². The largest absolute Gasteiger partial charge is 0.314 e. The molecule has 1 fully saturated rings. The highest BCUT2D eigenvalue weighted by molar-refractivity contribution is 7.88. The van der Waals surface area contributed by atoms with Crippen molar-refractivity contribution in [1.82, 2.24) is 9.62 Å². The van der Waals surface area contributed by atoms with Gasteiger partial charge in [-0.1, -0.05) is 45.4 Å². The van der Waals surface area contributed by atoms with Crippen molar-refractivity contribution in [1.29, 1.82) is 0 Å². The summed E-state index contributed by atoms with van der Waals surface area (Å²) in [7, 11) is -2.98. The normalized spacial score (nSPS) is 18.5. The number of unbranched alkanes of at least 4 members (excludes halogenated alkanes) is 6. The third-order valence-electron chi connectivity index (χ3n) is 4.14. The Morgan fingerprint density at radius 3 is 2.10 bits per heavy atom. The molecule has 0 unspecified atom stereocenters. The molecular formula is C15H32N2O2S. The van der Waals surface area contributed by atoms with Crippen LogP contribution in [0.25, 0.3) is 0 Å². The number of nitrogens with one attached hydrogen (secondary N) is 1. The van der Waals surface area contributed by atoms with E-state index < -0.39 is 10.0 Å². The molecule has 4 nitrogen and oxygen atoms in total. The summed E-state index contributed by atoms with van der Waals surface area (Å²) in [5.74, 6) is 0. The predicted molar refractivity (Wildman–Crippen MR) is 85.4 cm³/mol. The minimum atomic E-state index is -2.98. The summed E-state index contributed by atoms with van der Waals surface area (Å²) in [4.78, 5) is 0. The summed E-state index contributed by atoms with van der Waals surface area (Å²) in [6, 6.07) is 0.507. The molecule has 1 saturated heterocycles. The van der Waals surface area contributed by atoms with Crippen LogP contribution in [0.4, 0.5) is 0 Å². The van der Waals surface area contributed by atoms with E-state index in [-0.39, 0.29) is 0 Å². The van der Waals surface area contributed by atoms with Crippen LogP contribution >= 0.6 is 0 Å². The van der Waals surface area contributed by atoms with E-state index >= 15 is 0 Å². The average molecular weight is 305 g/mol. The molecule has 0 aromatic carbocycles. The smallest absolute Gasteiger partial charge is 0.211 e. The Bertz CT molecular complexity index is 336. The van der Waals surface area contributed by atoms with Crippen LogP contribution in [-0.4, -0.2) is 44.7 Å². The van der Waals surface area contributed by atoms with E-state index in [0.717, 1.165) is 19.4 Å². The van der Waals surface area contributed by atoms with E-state index in [1.807, 2.05) is 0 Å². The van der Waals surface area contributed by atoms with Crippen molar-refractivity contribution < 1.29 is 8.42 Å². The minimum absolute atomic E-state index is 0.507. The van der Waals surface area contributed by atoms with Gasteiger partial charge in [0.25, 0.3) is 0 Å². The zero-order chi connectivity index (χ0) is 14.8. The first kappa shape index (κ1) is 17.9. The Labute approximate surface area is 125 Å². The Kier molecular flexibility index (Phi) is 8.73.